The fourth-order valence-corrected chi connectivity index (χ4v) is 7.11. The van der Waals surface area contributed by atoms with Crippen molar-refractivity contribution >= 4 is 29.0 Å². The van der Waals surface area contributed by atoms with E-state index in [1.807, 2.05) is 92.7 Å². The molecule has 1 aliphatic rings. The number of hydrogen-bond donors (Lipinski definition) is 1. The number of amides is 1. The number of hydrogen-bond acceptors (Lipinski definition) is 6. The van der Waals surface area contributed by atoms with Crippen LogP contribution in [0.2, 0.25) is 0 Å². The number of carbonyl (C=O) groups excluding carboxylic acids is 1. The first-order chi connectivity index (χ1) is 22.6. The summed E-state index contributed by atoms with van der Waals surface area (Å²) < 4.78 is 13.9. The van der Waals surface area contributed by atoms with Gasteiger partial charge in [0.05, 0.1) is 29.0 Å². The standard InChI is InChI=1S/C39H37N3O4S/c1-23-18-25(3)32(26(4)19-23)22-46-31-16-13-28(14-17-31)20-34-38(44)42-36(29-15-12-24(2)33(21-29)45-6)35(27(5)40-39(42)47-34)37(43)41-30-10-8-7-9-11-30/h7-21,36H,22H2,1-6H3,(H,41,43)/b34-20-/t36-/m0/s1. The van der Waals surface area contributed by atoms with Crippen molar-refractivity contribution in [3.63, 3.8) is 0 Å². The topological polar surface area (TPSA) is 81.9 Å². The zero-order chi connectivity index (χ0) is 33.2. The molecule has 2 heterocycles. The zero-order valence-electron chi connectivity index (χ0n) is 27.4. The Morgan fingerprint density at radius 2 is 1.62 bits per heavy atom. The monoisotopic (exact) mass is 643 g/mol. The average molecular weight is 644 g/mol. The fourth-order valence-electron chi connectivity index (χ4n) is 6.06. The minimum atomic E-state index is -0.698. The molecule has 0 saturated carbocycles. The van der Waals surface area contributed by atoms with E-state index < -0.39 is 6.04 Å². The van der Waals surface area contributed by atoms with Crippen LogP contribution < -0.4 is 29.7 Å². The number of ether oxygens (including phenoxy) is 2. The summed E-state index contributed by atoms with van der Waals surface area (Å²) in [6.07, 6.45) is 1.86. The number of para-hydroxylation sites is 1. The van der Waals surface area contributed by atoms with Gasteiger partial charge in [0.1, 0.15) is 18.1 Å². The molecule has 0 unspecified atom stereocenters. The summed E-state index contributed by atoms with van der Waals surface area (Å²) in [5.74, 6) is 1.11. The molecule has 0 saturated heterocycles. The summed E-state index contributed by atoms with van der Waals surface area (Å²) in [6, 6.07) is 26.4. The highest BCUT2D eigenvalue weighted by molar-refractivity contribution is 7.07. The van der Waals surface area contributed by atoms with Gasteiger partial charge in [-0.3, -0.25) is 14.2 Å². The molecule has 47 heavy (non-hydrogen) atoms. The molecule has 8 heteroatoms. The summed E-state index contributed by atoms with van der Waals surface area (Å²) in [4.78, 5) is 33.3. The molecule has 1 atom stereocenters. The number of nitrogens with one attached hydrogen (secondary N) is 1. The number of carbonyl (C=O) groups is 1. The number of anilines is 1. The molecule has 4 aromatic carbocycles. The van der Waals surface area contributed by atoms with Crippen molar-refractivity contribution in [2.24, 2.45) is 4.99 Å². The largest absolute Gasteiger partial charge is 0.496 e. The molecule has 6 rings (SSSR count). The molecule has 0 bridgehead atoms. The van der Waals surface area contributed by atoms with Gasteiger partial charge >= 0.3 is 0 Å². The van der Waals surface area contributed by atoms with Gasteiger partial charge in [0.15, 0.2) is 4.80 Å². The number of nitrogens with zero attached hydrogens (tertiary/aromatic N) is 2. The highest BCUT2D eigenvalue weighted by Crippen LogP contribution is 2.33. The van der Waals surface area contributed by atoms with Crippen molar-refractivity contribution in [3.8, 4) is 11.5 Å². The highest BCUT2D eigenvalue weighted by atomic mass is 32.1. The SMILES string of the molecule is COc1cc([C@H]2C(C(=O)Nc3ccccc3)=C(C)N=c3s/c(=C\c4ccc(OCc5c(C)cc(C)cc5C)cc4)c(=O)n32)ccc1C. The molecule has 1 aromatic heterocycles. The lowest BCUT2D eigenvalue weighted by molar-refractivity contribution is -0.113. The minimum Gasteiger partial charge on any atom is -0.496 e. The van der Waals surface area contributed by atoms with E-state index in [2.05, 4.69) is 38.2 Å². The predicted octanol–water partition coefficient (Wildman–Crippen LogP) is 6.70. The summed E-state index contributed by atoms with van der Waals surface area (Å²) in [5.41, 5.74) is 8.82. The van der Waals surface area contributed by atoms with Crippen LogP contribution in [0.4, 0.5) is 5.69 Å². The maximum absolute atomic E-state index is 14.1. The molecule has 1 N–H and O–H groups in total. The van der Waals surface area contributed by atoms with Crippen LogP contribution in [0.25, 0.3) is 6.08 Å². The molecule has 1 aliphatic heterocycles. The third kappa shape index (κ3) is 6.55. The van der Waals surface area contributed by atoms with Crippen LogP contribution in [0.1, 0.15) is 51.9 Å². The molecule has 0 aliphatic carbocycles. The lowest BCUT2D eigenvalue weighted by Gasteiger charge is -2.26. The van der Waals surface area contributed by atoms with Crippen LogP contribution in [0.5, 0.6) is 11.5 Å². The quantitative estimate of drug-likeness (QED) is 0.204. The molecular weight excluding hydrogens is 607 g/mol. The first kappa shape index (κ1) is 31.8. The van der Waals surface area contributed by atoms with Crippen LogP contribution >= 0.6 is 11.3 Å². The minimum absolute atomic E-state index is 0.221. The molecule has 0 spiro atoms. The maximum Gasteiger partial charge on any atom is 0.271 e. The van der Waals surface area contributed by atoms with Gasteiger partial charge in [0.25, 0.3) is 11.5 Å². The third-order valence-corrected chi connectivity index (χ3v) is 9.43. The van der Waals surface area contributed by atoms with Crippen molar-refractivity contribution in [1.82, 2.24) is 4.57 Å². The number of rotatable bonds is 8. The van der Waals surface area contributed by atoms with Gasteiger partial charge in [0, 0.05) is 5.69 Å². The molecule has 0 radical (unpaired) electrons. The second kappa shape index (κ2) is 13.3. The lowest BCUT2D eigenvalue weighted by Crippen LogP contribution is -2.40. The second-order valence-electron chi connectivity index (χ2n) is 11.9. The van der Waals surface area contributed by atoms with Crippen molar-refractivity contribution < 1.29 is 14.3 Å². The van der Waals surface area contributed by atoms with E-state index in [9.17, 15) is 9.59 Å². The van der Waals surface area contributed by atoms with E-state index in [-0.39, 0.29) is 11.5 Å². The number of benzene rings is 4. The van der Waals surface area contributed by atoms with Gasteiger partial charge in [-0.2, -0.15) is 0 Å². The maximum atomic E-state index is 14.1. The summed E-state index contributed by atoms with van der Waals surface area (Å²) in [7, 11) is 1.61. The van der Waals surface area contributed by atoms with Crippen molar-refractivity contribution in [2.45, 2.75) is 47.3 Å². The Morgan fingerprint density at radius 1 is 0.915 bits per heavy atom. The Balaban J connectivity index is 1.35. The lowest BCUT2D eigenvalue weighted by atomic mass is 9.94. The smallest absolute Gasteiger partial charge is 0.271 e. The van der Waals surface area contributed by atoms with Crippen molar-refractivity contribution in [3.05, 3.63) is 155 Å². The van der Waals surface area contributed by atoms with E-state index >= 15 is 0 Å². The van der Waals surface area contributed by atoms with Gasteiger partial charge in [0.2, 0.25) is 0 Å². The molecule has 0 fully saturated rings. The van der Waals surface area contributed by atoms with E-state index in [0.29, 0.717) is 38.6 Å². The van der Waals surface area contributed by atoms with Crippen LogP contribution in [-0.2, 0) is 11.4 Å². The van der Waals surface area contributed by atoms with Crippen LogP contribution in [-0.4, -0.2) is 17.6 Å². The van der Waals surface area contributed by atoms with Gasteiger partial charge in [-0.1, -0.05) is 71.5 Å². The summed E-state index contributed by atoms with van der Waals surface area (Å²) >= 11 is 1.31. The summed E-state index contributed by atoms with van der Waals surface area (Å²) in [6.45, 7) is 10.6. The van der Waals surface area contributed by atoms with Crippen LogP contribution in [0.15, 0.2) is 106 Å². The highest BCUT2D eigenvalue weighted by Gasteiger charge is 2.33. The number of allylic oxidation sites excluding steroid dienone is 1. The zero-order valence-corrected chi connectivity index (χ0v) is 28.2. The van der Waals surface area contributed by atoms with E-state index in [4.69, 9.17) is 14.5 Å². The van der Waals surface area contributed by atoms with Gasteiger partial charge in [-0.05, 0) is 104 Å². The Morgan fingerprint density at radius 3 is 2.30 bits per heavy atom. The molecular formula is C39H37N3O4S. The third-order valence-electron chi connectivity index (χ3n) is 8.45. The number of methoxy groups -OCH3 is 1. The second-order valence-corrected chi connectivity index (χ2v) is 12.9. The van der Waals surface area contributed by atoms with Crippen LogP contribution in [0, 0.1) is 27.7 Å². The predicted molar refractivity (Wildman–Crippen MR) is 188 cm³/mol. The van der Waals surface area contributed by atoms with E-state index in [0.717, 1.165) is 22.4 Å². The van der Waals surface area contributed by atoms with Gasteiger partial charge < -0.3 is 14.8 Å². The Bertz CT molecular complexity index is 2170. The number of thiazole rings is 1. The number of aryl methyl sites for hydroxylation is 4. The molecule has 238 valence electrons. The molecule has 7 nitrogen and oxygen atoms in total. The van der Waals surface area contributed by atoms with Crippen molar-refractivity contribution in [2.75, 3.05) is 12.4 Å². The number of fused-ring (bicyclic) bond motifs is 1. The first-order valence-electron chi connectivity index (χ1n) is 15.5. The Labute approximate surface area is 278 Å². The van der Waals surface area contributed by atoms with E-state index in [1.54, 1.807) is 11.7 Å². The van der Waals surface area contributed by atoms with Gasteiger partial charge in [-0.25, -0.2) is 4.99 Å². The van der Waals surface area contributed by atoms with E-state index in [1.165, 1.54) is 33.6 Å². The fraction of sp³-hybridized carbons (Fsp3) is 0.205. The first-order valence-corrected chi connectivity index (χ1v) is 16.3. The average Bonchev–Trinajstić information content (AvgIpc) is 3.35. The molecule has 5 aromatic rings. The van der Waals surface area contributed by atoms with Gasteiger partial charge in [-0.15, -0.1) is 0 Å². The number of aromatic nitrogens is 1. The molecule has 1 amide bonds. The van der Waals surface area contributed by atoms with Crippen LogP contribution in [0.3, 0.4) is 0 Å². The Kier molecular flexibility index (Phi) is 8.96. The normalized spacial score (nSPS) is 14.4. The summed E-state index contributed by atoms with van der Waals surface area (Å²) in [5, 5.41) is 2.99. The van der Waals surface area contributed by atoms with Crippen molar-refractivity contribution in [1.29, 1.82) is 0 Å². The Hall–Kier alpha value is -5.21.